The van der Waals surface area contributed by atoms with Crippen molar-refractivity contribution in [3.63, 3.8) is 0 Å². The van der Waals surface area contributed by atoms with Crippen molar-refractivity contribution < 1.29 is 14.7 Å². The van der Waals surface area contributed by atoms with Crippen molar-refractivity contribution in [2.75, 3.05) is 0 Å². The molecule has 0 saturated carbocycles. The topological polar surface area (TPSA) is 67.3 Å². The van der Waals surface area contributed by atoms with Gasteiger partial charge in [-0.2, -0.15) is 0 Å². The van der Waals surface area contributed by atoms with Gasteiger partial charge in [0.25, 0.3) is 0 Å². The maximum Gasteiger partial charge on any atom is 0.336 e. The minimum Gasteiger partial charge on any atom is -0.478 e. The Morgan fingerprint density at radius 1 is 1.36 bits per heavy atom. The fourth-order valence-corrected chi connectivity index (χ4v) is 1.09. The summed E-state index contributed by atoms with van der Waals surface area (Å²) in [7, 11) is 0. The molecule has 0 aliphatic carbocycles. The van der Waals surface area contributed by atoms with Crippen LogP contribution in [0.1, 0.15) is 34.6 Å². The van der Waals surface area contributed by atoms with Crippen LogP contribution in [0, 0.1) is 5.92 Å². The van der Waals surface area contributed by atoms with Crippen LogP contribution < -0.4 is 0 Å². The van der Waals surface area contributed by atoms with Crippen LogP contribution in [0.3, 0.4) is 0 Å². The minimum absolute atomic E-state index is 0.0127. The standard InChI is InChI=1S/C10H11NO3/c1-6(2)9(12)8-5-11-4-3-7(8)10(13)14/h3-6H,1-2H3,(H,13,14). The summed E-state index contributed by atoms with van der Waals surface area (Å²) in [6.45, 7) is 3.45. The number of aromatic nitrogens is 1. The number of Topliss-reactive ketones (excluding diaryl/α,β-unsaturated/α-hetero) is 1. The van der Waals surface area contributed by atoms with Gasteiger partial charge in [-0.1, -0.05) is 13.8 Å². The van der Waals surface area contributed by atoms with Crippen LogP contribution in [-0.2, 0) is 0 Å². The van der Waals surface area contributed by atoms with E-state index in [0.29, 0.717) is 0 Å². The van der Waals surface area contributed by atoms with E-state index in [4.69, 9.17) is 5.11 Å². The van der Waals surface area contributed by atoms with Crippen LogP contribution in [0.4, 0.5) is 0 Å². The monoisotopic (exact) mass is 193 g/mol. The lowest BCUT2D eigenvalue weighted by molar-refractivity contribution is 0.0690. The van der Waals surface area contributed by atoms with Gasteiger partial charge in [0.2, 0.25) is 0 Å². The summed E-state index contributed by atoms with van der Waals surface area (Å²) in [5, 5.41) is 8.82. The Hall–Kier alpha value is -1.71. The molecule has 1 N–H and O–H groups in total. The predicted octanol–water partition coefficient (Wildman–Crippen LogP) is 1.62. The number of pyridine rings is 1. The number of nitrogens with zero attached hydrogens (tertiary/aromatic N) is 1. The number of hydrogen-bond acceptors (Lipinski definition) is 3. The molecule has 0 aliphatic rings. The van der Waals surface area contributed by atoms with Crippen LogP contribution in [0.15, 0.2) is 18.5 Å². The van der Waals surface area contributed by atoms with Crippen molar-refractivity contribution in [1.82, 2.24) is 4.98 Å². The molecule has 0 spiro atoms. The van der Waals surface area contributed by atoms with Gasteiger partial charge in [-0.15, -0.1) is 0 Å². The predicted molar refractivity (Wildman–Crippen MR) is 50.4 cm³/mol. The molecule has 0 bridgehead atoms. The largest absolute Gasteiger partial charge is 0.478 e. The van der Waals surface area contributed by atoms with Crippen molar-refractivity contribution in [3.05, 3.63) is 29.6 Å². The van der Waals surface area contributed by atoms with Crippen LogP contribution in [0.2, 0.25) is 0 Å². The molecule has 0 saturated heterocycles. The average molecular weight is 193 g/mol. The molecule has 1 aromatic heterocycles. The maximum atomic E-state index is 11.6. The van der Waals surface area contributed by atoms with Crippen molar-refractivity contribution in [3.8, 4) is 0 Å². The van der Waals surface area contributed by atoms with Gasteiger partial charge in [-0.3, -0.25) is 9.78 Å². The molecule has 0 atom stereocenters. The Morgan fingerprint density at radius 3 is 2.50 bits per heavy atom. The summed E-state index contributed by atoms with van der Waals surface area (Å²) < 4.78 is 0. The number of carbonyl (C=O) groups is 2. The van der Waals surface area contributed by atoms with Gasteiger partial charge < -0.3 is 5.11 Å². The second-order valence-electron chi connectivity index (χ2n) is 3.25. The molecular weight excluding hydrogens is 182 g/mol. The van der Waals surface area contributed by atoms with E-state index < -0.39 is 5.97 Å². The van der Waals surface area contributed by atoms with Gasteiger partial charge in [0.05, 0.1) is 11.1 Å². The summed E-state index contributed by atoms with van der Waals surface area (Å²) in [6, 6.07) is 1.33. The second kappa shape index (κ2) is 4.00. The van der Waals surface area contributed by atoms with E-state index in [1.165, 1.54) is 18.5 Å². The number of carboxylic acids is 1. The number of carbonyl (C=O) groups excluding carboxylic acids is 1. The fourth-order valence-electron chi connectivity index (χ4n) is 1.09. The highest BCUT2D eigenvalue weighted by molar-refractivity contribution is 6.06. The zero-order chi connectivity index (χ0) is 10.7. The number of rotatable bonds is 3. The first-order valence-corrected chi connectivity index (χ1v) is 4.25. The molecule has 14 heavy (non-hydrogen) atoms. The van der Waals surface area contributed by atoms with Crippen molar-refractivity contribution >= 4 is 11.8 Å². The third-order valence-corrected chi connectivity index (χ3v) is 1.84. The average Bonchev–Trinajstić information content (AvgIpc) is 2.16. The van der Waals surface area contributed by atoms with Gasteiger partial charge in [0.1, 0.15) is 0 Å². The summed E-state index contributed by atoms with van der Waals surface area (Å²) in [6.07, 6.45) is 2.66. The number of ketones is 1. The molecule has 4 heteroatoms. The highest BCUT2D eigenvalue weighted by atomic mass is 16.4. The number of aromatic carboxylic acids is 1. The number of carboxylic acid groups (broad SMARTS) is 1. The smallest absolute Gasteiger partial charge is 0.336 e. The highest BCUT2D eigenvalue weighted by Gasteiger charge is 2.18. The molecule has 1 heterocycles. The highest BCUT2D eigenvalue weighted by Crippen LogP contribution is 2.12. The lowest BCUT2D eigenvalue weighted by atomic mass is 9.98. The molecular formula is C10H11NO3. The van der Waals surface area contributed by atoms with Crippen molar-refractivity contribution in [1.29, 1.82) is 0 Å². The molecule has 0 aliphatic heterocycles. The maximum absolute atomic E-state index is 11.6. The second-order valence-corrected chi connectivity index (χ2v) is 3.25. The molecule has 0 radical (unpaired) electrons. The molecule has 0 unspecified atom stereocenters. The Balaban J connectivity index is 3.20. The molecule has 74 valence electrons. The summed E-state index contributed by atoms with van der Waals surface area (Å²) in [5.41, 5.74) is 0.189. The number of hydrogen-bond donors (Lipinski definition) is 1. The minimum atomic E-state index is -1.10. The summed E-state index contributed by atoms with van der Waals surface area (Å²) in [4.78, 5) is 26.1. The molecule has 0 aromatic carbocycles. The molecule has 4 nitrogen and oxygen atoms in total. The lowest BCUT2D eigenvalue weighted by Crippen LogP contribution is -2.13. The Bertz CT molecular complexity index is 371. The molecule has 0 amide bonds. The SMILES string of the molecule is CC(C)C(=O)c1cnccc1C(=O)O. The van der Waals surface area contributed by atoms with Crippen LogP contribution in [0.25, 0.3) is 0 Å². The first kappa shape index (κ1) is 10.4. The van der Waals surface area contributed by atoms with E-state index in [9.17, 15) is 9.59 Å². The fraction of sp³-hybridized carbons (Fsp3) is 0.300. The Morgan fingerprint density at radius 2 is 2.00 bits per heavy atom. The molecule has 1 rings (SSSR count). The Labute approximate surface area is 81.6 Å². The van der Waals surface area contributed by atoms with Gasteiger partial charge in [-0.25, -0.2) is 4.79 Å². The van der Waals surface area contributed by atoms with Crippen LogP contribution >= 0.6 is 0 Å². The normalized spacial score (nSPS) is 10.2. The molecule has 1 aromatic rings. The van der Waals surface area contributed by atoms with Crippen LogP contribution in [-0.4, -0.2) is 21.8 Å². The van der Waals surface area contributed by atoms with E-state index in [-0.39, 0.29) is 22.8 Å². The van der Waals surface area contributed by atoms with E-state index in [1.54, 1.807) is 13.8 Å². The lowest BCUT2D eigenvalue weighted by Gasteiger charge is -2.06. The third kappa shape index (κ3) is 1.96. The Kier molecular flexibility index (Phi) is 2.96. The first-order valence-electron chi connectivity index (χ1n) is 4.25. The molecule has 0 fully saturated rings. The van der Waals surface area contributed by atoms with Gasteiger partial charge in [-0.05, 0) is 6.07 Å². The summed E-state index contributed by atoms with van der Waals surface area (Å²) >= 11 is 0. The zero-order valence-electron chi connectivity index (χ0n) is 8.02. The van der Waals surface area contributed by atoms with E-state index >= 15 is 0 Å². The van der Waals surface area contributed by atoms with Gasteiger partial charge in [0, 0.05) is 18.3 Å². The zero-order valence-corrected chi connectivity index (χ0v) is 8.02. The van der Waals surface area contributed by atoms with Crippen molar-refractivity contribution in [2.45, 2.75) is 13.8 Å². The van der Waals surface area contributed by atoms with Crippen molar-refractivity contribution in [2.24, 2.45) is 5.92 Å². The summed E-state index contributed by atoms with van der Waals surface area (Å²) in [5.74, 6) is -1.52. The quantitative estimate of drug-likeness (QED) is 0.740. The van der Waals surface area contributed by atoms with E-state index in [0.717, 1.165) is 0 Å². The van der Waals surface area contributed by atoms with Crippen LogP contribution in [0.5, 0.6) is 0 Å². The van der Waals surface area contributed by atoms with Gasteiger partial charge in [0.15, 0.2) is 5.78 Å². The third-order valence-electron chi connectivity index (χ3n) is 1.84. The van der Waals surface area contributed by atoms with Gasteiger partial charge >= 0.3 is 5.97 Å². The first-order chi connectivity index (χ1) is 6.54. The van der Waals surface area contributed by atoms with E-state index in [1.807, 2.05) is 0 Å². The van der Waals surface area contributed by atoms with E-state index in [2.05, 4.69) is 4.98 Å².